The van der Waals surface area contributed by atoms with Crippen LogP contribution in [0, 0.1) is 5.82 Å². The molecule has 0 fully saturated rings. The van der Waals surface area contributed by atoms with Crippen LogP contribution in [0.3, 0.4) is 0 Å². The summed E-state index contributed by atoms with van der Waals surface area (Å²) >= 11 is 0. The fourth-order valence-corrected chi connectivity index (χ4v) is 2.31. The molecule has 0 saturated heterocycles. The lowest BCUT2D eigenvalue weighted by Crippen LogP contribution is -2.02. The first-order valence-corrected chi connectivity index (χ1v) is 6.58. The van der Waals surface area contributed by atoms with Crippen LogP contribution in [0.2, 0.25) is 0 Å². The van der Waals surface area contributed by atoms with Crippen molar-refractivity contribution in [3.63, 3.8) is 0 Å². The highest BCUT2D eigenvalue weighted by atomic mass is 19.1. The molecular formula is C16H16FNO2. The van der Waals surface area contributed by atoms with Crippen molar-refractivity contribution in [2.45, 2.75) is 13.0 Å². The minimum Gasteiger partial charge on any atom is -0.497 e. The van der Waals surface area contributed by atoms with Crippen molar-refractivity contribution in [1.82, 2.24) is 0 Å². The molecule has 4 heteroatoms. The van der Waals surface area contributed by atoms with E-state index in [4.69, 9.17) is 9.47 Å². The van der Waals surface area contributed by atoms with Gasteiger partial charge in [-0.2, -0.15) is 0 Å². The predicted octanol–water partition coefficient (Wildman–Crippen LogP) is 3.38. The van der Waals surface area contributed by atoms with Gasteiger partial charge in [0, 0.05) is 19.0 Å². The molecule has 1 N–H and O–H groups in total. The van der Waals surface area contributed by atoms with Gasteiger partial charge in [-0.05, 0) is 29.3 Å². The fraction of sp³-hybridized carbons (Fsp3) is 0.250. The zero-order chi connectivity index (χ0) is 13.9. The van der Waals surface area contributed by atoms with E-state index in [9.17, 15) is 4.39 Å². The van der Waals surface area contributed by atoms with Crippen LogP contribution in [0.1, 0.15) is 11.1 Å². The highest BCUT2D eigenvalue weighted by Gasteiger charge is 2.12. The molecule has 1 aliphatic rings. The Morgan fingerprint density at radius 3 is 3.00 bits per heavy atom. The molecule has 0 saturated carbocycles. The molecule has 0 amide bonds. The van der Waals surface area contributed by atoms with Crippen molar-refractivity contribution in [1.29, 1.82) is 0 Å². The lowest BCUT2D eigenvalue weighted by atomic mass is 10.1. The van der Waals surface area contributed by atoms with Crippen molar-refractivity contribution in [2.75, 3.05) is 19.0 Å². The summed E-state index contributed by atoms with van der Waals surface area (Å²) in [4.78, 5) is 0. The second-order valence-electron chi connectivity index (χ2n) is 4.74. The van der Waals surface area contributed by atoms with E-state index in [1.807, 2.05) is 12.1 Å². The summed E-state index contributed by atoms with van der Waals surface area (Å²) in [7, 11) is 1.57. The van der Waals surface area contributed by atoms with Gasteiger partial charge in [0.05, 0.1) is 19.4 Å². The first-order chi connectivity index (χ1) is 9.76. The molecule has 0 aromatic heterocycles. The van der Waals surface area contributed by atoms with Crippen LogP contribution in [0.15, 0.2) is 36.4 Å². The highest BCUT2D eigenvalue weighted by molar-refractivity contribution is 5.50. The van der Waals surface area contributed by atoms with Gasteiger partial charge in [0.25, 0.3) is 0 Å². The van der Waals surface area contributed by atoms with Crippen molar-refractivity contribution in [3.8, 4) is 11.5 Å². The normalized spacial score (nSPS) is 12.7. The third kappa shape index (κ3) is 2.54. The topological polar surface area (TPSA) is 30.5 Å². The Morgan fingerprint density at radius 1 is 1.25 bits per heavy atom. The monoisotopic (exact) mass is 273 g/mol. The quantitative estimate of drug-likeness (QED) is 0.926. The first-order valence-electron chi connectivity index (χ1n) is 6.58. The average Bonchev–Trinajstić information content (AvgIpc) is 2.94. The fourth-order valence-electron chi connectivity index (χ4n) is 2.31. The van der Waals surface area contributed by atoms with Crippen LogP contribution in [0.25, 0.3) is 0 Å². The zero-order valence-electron chi connectivity index (χ0n) is 11.3. The van der Waals surface area contributed by atoms with Gasteiger partial charge in [0.2, 0.25) is 0 Å². The number of anilines is 1. The lowest BCUT2D eigenvalue weighted by Gasteiger charge is -2.10. The molecule has 1 heterocycles. The Kier molecular flexibility index (Phi) is 3.46. The summed E-state index contributed by atoms with van der Waals surface area (Å²) in [6, 6.07) is 10.7. The minimum atomic E-state index is -0.282. The van der Waals surface area contributed by atoms with Crippen LogP contribution in [0.4, 0.5) is 10.1 Å². The number of fused-ring (bicyclic) bond motifs is 1. The Balaban J connectivity index is 1.73. The van der Waals surface area contributed by atoms with E-state index in [1.165, 1.54) is 11.6 Å². The molecule has 0 radical (unpaired) electrons. The number of hydrogen-bond acceptors (Lipinski definition) is 3. The van der Waals surface area contributed by atoms with Gasteiger partial charge < -0.3 is 14.8 Å². The van der Waals surface area contributed by atoms with Crippen LogP contribution in [0.5, 0.6) is 11.5 Å². The van der Waals surface area contributed by atoms with E-state index in [0.717, 1.165) is 24.3 Å². The largest absolute Gasteiger partial charge is 0.497 e. The SMILES string of the molecule is COc1ccc(F)c(NCc2ccc3c(c2)CCO3)c1. The molecule has 0 aliphatic carbocycles. The van der Waals surface area contributed by atoms with E-state index in [1.54, 1.807) is 19.2 Å². The molecule has 3 nitrogen and oxygen atoms in total. The molecule has 0 bridgehead atoms. The summed E-state index contributed by atoms with van der Waals surface area (Å²) in [6.07, 6.45) is 0.941. The molecule has 2 aromatic rings. The van der Waals surface area contributed by atoms with E-state index in [-0.39, 0.29) is 5.82 Å². The predicted molar refractivity (Wildman–Crippen MR) is 75.9 cm³/mol. The summed E-state index contributed by atoms with van der Waals surface area (Å²) in [6.45, 7) is 1.31. The number of nitrogens with one attached hydrogen (secondary N) is 1. The minimum absolute atomic E-state index is 0.282. The van der Waals surface area contributed by atoms with Crippen molar-refractivity contribution < 1.29 is 13.9 Å². The van der Waals surface area contributed by atoms with Crippen LogP contribution in [-0.2, 0) is 13.0 Å². The highest BCUT2D eigenvalue weighted by Crippen LogP contribution is 2.27. The zero-order valence-corrected chi connectivity index (χ0v) is 11.3. The van der Waals surface area contributed by atoms with Gasteiger partial charge in [-0.15, -0.1) is 0 Å². The smallest absolute Gasteiger partial charge is 0.146 e. The van der Waals surface area contributed by atoms with Crippen LogP contribution < -0.4 is 14.8 Å². The maximum absolute atomic E-state index is 13.7. The van der Waals surface area contributed by atoms with E-state index in [0.29, 0.717) is 18.0 Å². The third-order valence-corrected chi connectivity index (χ3v) is 3.41. The Hall–Kier alpha value is -2.23. The van der Waals surface area contributed by atoms with E-state index < -0.39 is 0 Å². The van der Waals surface area contributed by atoms with Crippen molar-refractivity contribution in [3.05, 3.63) is 53.3 Å². The molecule has 104 valence electrons. The molecule has 20 heavy (non-hydrogen) atoms. The summed E-state index contributed by atoms with van der Waals surface area (Å²) < 4.78 is 24.3. The second kappa shape index (κ2) is 5.41. The molecule has 1 aliphatic heterocycles. The Morgan fingerprint density at radius 2 is 2.15 bits per heavy atom. The van der Waals surface area contributed by atoms with E-state index in [2.05, 4.69) is 11.4 Å². The molecule has 2 aromatic carbocycles. The summed E-state index contributed by atoms with van der Waals surface area (Å²) in [5.41, 5.74) is 2.77. The molecule has 0 unspecified atom stereocenters. The van der Waals surface area contributed by atoms with E-state index >= 15 is 0 Å². The Labute approximate surface area is 117 Å². The maximum Gasteiger partial charge on any atom is 0.146 e. The van der Waals surface area contributed by atoms with Crippen LogP contribution in [-0.4, -0.2) is 13.7 Å². The molecule has 3 rings (SSSR count). The summed E-state index contributed by atoms with van der Waals surface area (Å²) in [5, 5.41) is 3.10. The third-order valence-electron chi connectivity index (χ3n) is 3.41. The van der Waals surface area contributed by atoms with Gasteiger partial charge in [-0.25, -0.2) is 4.39 Å². The molecule has 0 spiro atoms. The average molecular weight is 273 g/mol. The van der Waals surface area contributed by atoms with Gasteiger partial charge in [0.15, 0.2) is 0 Å². The standard InChI is InChI=1S/C16H16FNO2/c1-19-13-3-4-14(17)15(9-13)18-10-11-2-5-16-12(8-11)6-7-20-16/h2-5,8-9,18H,6-7,10H2,1H3. The van der Waals surface area contributed by atoms with Gasteiger partial charge in [-0.3, -0.25) is 0 Å². The number of benzene rings is 2. The number of methoxy groups -OCH3 is 1. The molecular weight excluding hydrogens is 257 g/mol. The number of hydrogen-bond donors (Lipinski definition) is 1. The number of ether oxygens (including phenoxy) is 2. The van der Waals surface area contributed by atoms with Crippen LogP contribution >= 0.6 is 0 Å². The molecule has 0 atom stereocenters. The second-order valence-corrected chi connectivity index (χ2v) is 4.74. The number of halogens is 1. The van der Waals surface area contributed by atoms with Gasteiger partial charge >= 0.3 is 0 Å². The van der Waals surface area contributed by atoms with Gasteiger partial charge in [-0.1, -0.05) is 12.1 Å². The Bertz CT molecular complexity index is 628. The van der Waals surface area contributed by atoms with Crippen molar-refractivity contribution >= 4 is 5.69 Å². The lowest BCUT2D eigenvalue weighted by molar-refractivity contribution is 0.357. The number of rotatable bonds is 4. The summed E-state index contributed by atoms with van der Waals surface area (Å²) in [5.74, 6) is 1.31. The first kappa shape index (κ1) is 12.8. The van der Waals surface area contributed by atoms with Crippen molar-refractivity contribution in [2.24, 2.45) is 0 Å². The maximum atomic E-state index is 13.7. The van der Waals surface area contributed by atoms with Gasteiger partial charge in [0.1, 0.15) is 17.3 Å².